The zero-order chi connectivity index (χ0) is 13.5. The lowest BCUT2D eigenvalue weighted by Gasteiger charge is -2.13. The van der Waals surface area contributed by atoms with E-state index in [9.17, 15) is 4.79 Å². The van der Waals surface area contributed by atoms with Gasteiger partial charge in [-0.15, -0.1) is 0 Å². The van der Waals surface area contributed by atoms with Gasteiger partial charge in [0.2, 0.25) is 5.91 Å². The minimum absolute atomic E-state index is 0.0648. The first kappa shape index (κ1) is 14.1. The van der Waals surface area contributed by atoms with Crippen LogP contribution in [0.1, 0.15) is 31.3 Å². The predicted octanol–water partition coefficient (Wildman–Crippen LogP) is 1.37. The number of nitrogens with two attached hydrogens (primary N) is 1. The topological polar surface area (TPSA) is 101 Å². The number of amides is 1. The van der Waals surface area contributed by atoms with Crippen LogP contribution >= 0.6 is 0 Å². The Hall–Kier alpha value is -1.98. The molecule has 0 fully saturated rings. The molecule has 18 heavy (non-hydrogen) atoms. The summed E-state index contributed by atoms with van der Waals surface area (Å²) in [5, 5.41) is 14.2. The second-order valence-corrected chi connectivity index (χ2v) is 4.10. The van der Waals surface area contributed by atoms with Crippen LogP contribution in [-0.4, -0.2) is 17.0 Å². The Balaban J connectivity index is 2.56. The Morgan fingerprint density at radius 3 is 2.83 bits per heavy atom. The van der Waals surface area contributed by atoms with Crippen molar-refractivity contribution < 1.29 is 14.4 Å². The molecule has 1 aromatic heterocycles. The molecule has 0 aliphatic heterocycles. The average Bonchev–Trinajstić information content (AvgIpc) is 2.78. The van der Waals surface area contributed by atoms with Gasteiger partial charge in [-0.25, -0.2) is 0 Å². The minimum Gasteiger partial charge on any atom is -0.465 e. The maximum absolute atomic E-state index is 11.9. The number of nitrogens with one attached hydrogen (secondary N) is 1. The molecular formula is C12H19N3O3. The zero-order valence-corrected chi connectivity index (χ0v) is 10.6. The highest BCUT2D eigenvalue weighted by atomic mass is 16.4. The van der Waals surface area contributed by atoms with Gasteiger partial charge >= 0.3 is 0 Å². The Labute approximate surface area is 106 Å². The second-order valence-electron chi connectivity index (χ2n) is 4.10. The molecule has 1 amide bonds. The molecule has 0 spiro atoms. The van der Waals surface area contributed by atoms with Gasteiger partial charge in [-0.1, -0.05) is 18.5 Å². The number of furan rings is 1. The van der Waals surface area contributed by atoms with Crippen molar-refractivity contribution in [1.29, 1.82) is 0 Å². The summed E-state index contributed by atoms with van der Waals surface area (Å²) in [6.45, 7) is 4.06. The number of nitrogens with zero attached hydrogens (tertiary/aromatic N) is 1. The van der Waals surface area contributed by atoms with Gasteiger partial charge in [-0.2, -0.15) is 0 Å². The summed E-state index contributed by atoms with van der Waals surface area (Å²) in [5.74, 6) is 0.540. The smallest absolute Gasteiger partial charge is 0.231 e. The van der Waals surface area contributed by atoms with Gasteiger partial charge in [0.1, 0.15) is 11.5 Å². The maximum Gasteiger partial charge on any atom is 0.231 e. The summed E-state index contributed by atoms with van der Waals surface area (Å²) in [5.41, 5.74) is 5.49. The van der Waals surface area contributed by atoms with Gasteiger partial charge in [-0.3, -0.25) is 4.79 Å². The lowest BCUT2D eigenvalue weighted by atomic mass is 10.0. The van der Waals surface area contributed by atoms with E-state index < -0.39 is 5.92 Å². The molecule has 0 aromatic carbocycles. The summed E-state index contributed by atoms with van der Waals surface area (Å²) in [6, 6.07) is 3.63. The van der Waals surface area contributed by atoms with E-state index in [-0.39, 0.29) is 11.7 Å². The molecule has 0 bridgehead atoms. The Morgan fingerprint density at radius 2 is 2.33 bits per heavy atom. The fourth-order valence-corrected chi connectivity index (χ4v) is 1.65. The summed E-state index contributed by atoms with van der Waals surface area (Å²) < 4.78 is 5.33. The summed E-state index contributed by atoms with van der Waals surface area (Å²) >= 11 is 0. The quantitative estimate of drug-likeness (QED) is 0.308. The number of carbonyl (C=O) groups is 1. The summed E-state index contributed by atoms with van der Waals surface area (Å²) in [6.07, 6.45) is 1.31. The van der Waals surface area contributed by atoms with Gasteiger partial charge in [0.05, 0.1) is 12.5 Å². The molecular weight excluding hydrogens is 234 g/mol. The standard InChI is InChI=1S/C12H19N3O3/c1-3-4-10(11(13)15-17)12(16)14-7-9-6-5-8(2)18-9/h5-6,10,17H,3-4,7H2,1-2H3,(H2,13,15)(H,14,16). The van der Waals surface area contributed by atoms with E-state index in [0.29, 0.717) is 18.7 Å². The van der Waals surface area contributed by atoms with Gasteiger partial charge in [0, 0.05) is 0 Å². The van der Waals surface area contributed by atoms with Crippen molar-refractivity contribution in [3.8, 4) is 0 Å². The van der Waals surface area contributed by atoms with Crippen molar-refractivity contribution in [1.82, 2.24) is 5.32 Å². The molecule has 0 saturated carbocycles. The van der Waals surface area contributed by atoms with Crippen molar-refractivity contribution in [3.05, 3.63) is 23.7 Å². The molecule has 1 unspecified atom stereocenters. The molecule has 0 aliphatic carbocycles. The molecule has 0 aliphatic rings. The van der Waals surface area contributed by atoms with Crippen LogP contribution in [0, 0.1) is 12.8 Å². The highest BCUT2D eigenvalue weighted by molar-refractivity contribution is 6.01. The molecule has 6 nitrogen and oxygen atoms in total. The normalized spacial score (nSPS) is 13.3. The van der Waals surface area contributed by atoms with Crippen molar-refractivity contribution in [2.75, 3.05) is 0 Å². The number of rotatable bonds is 6. The Kier molecular flexibility index (Phi) is 5.23. The summed E-state index contributed by atoms with van der Waals surface area (Å²) in [4.78, 5) is 11.9. The fraction of sp³-hybridized carbons (Fsp3) is 0.500. The van der Waals surface area contributed by atoms with Crippen molar-refractivity contribution in [3.63, 3.8) is 0 Å². The van der Waals surface area contributed by atoms with Crippen LogP contribution in [-0.2, 0) is 11.3 Å². The second kappa shape index (κ2) is 6.68. The third-order valence-electron chi connectivity index (χ3n) is 2.60. The molecule has 1 atom stereocenters. The number of amidine groups is 1. The molecule has 0 radical (unpaired) electrons. The number of oxime groups is 1. The van der Waals surface area contributed by atoms with E-state index in [1.54, 1.807) is 6.07 Å². The first-order valence-corrected chi connectivity index (χ1v) is 5.89. The van der Waals surface area contributed by atoms with Crippen LogP contribution in [0.3, 0.4) is 0 Å². The predicted molar refractivity (Wildman–Crippen MR) is 67.1 cm³/mol. The highest BCUT2D eigenvalue weighted by Crippen LogP contribution is 2.09. The average molecular weight is 253 g/mol. The Morgan fingerprint density at radius 1 is 1.61 bits per heavy atom. The van der Waals surface area contributed by atoms with E-state index in [2.05, 4.69) is 10.5 Å². The minimum atomic E-state index is -0.601. The van der Waals surface area contributed by atoms with E-state index >= 15 is 0 Å². The van der Waals surface area contributed by atoms with Gasteiger partial charge < -0.3 is 20.7 Å². The maximum atomic E-state index is 11.9. The molecule has 100 valence electrons. The van der Waals surface area contributed by atoms with Crippen LogP contribution in [0.5, 0.6) is 0 Å². The van der Waals surface area contributed by atoms with E-state index in [1.807, 2.05) is 19.9 Å². The van der Waals surface area contributed by atoms with Crippen LogP contribution < -0.4 is 11.1 Å². The molecule has 0 saturated heterocycles. The third-order valence-corrected chi connectivity index (χ3v) is 2.60. The third kappa shape index (κ3) is 3.80. The monoisotopic (exact) mass is 253 g/mol. The van der Waals surface area contributed by atoms with Crippen LogP contribution in [0.2, 0.25) is 0 Å². The van der Waals surface area contributed by atoms with E-state index in [4.69, 9.17) is 15.4 Å². The first-order valence-electron chi connectivity index (χ1n) is 5.89. The SMILES string of the molecule is CCCC(C(=O)NCc1ccc(C)o1)C(N)=NO. The Bertz CT molecular complexity index is 426. The molecule has 1 rings (SSSR count). The summed E-state index contributed by atoms with van der Waals surface area (Å²) in [7, 11) is 0. The molecule has 6 heteroatoms. The van der Waals surface area contributed by atoms with Crippen molar-refractivity contribution in [2.45, 2.75) is 33.2 Å². The van der Waals surface area contributed by atoms with Crippen LogP contribution in [0.4, 0.5) is 0 Å². The molecule has 1 aromatic rings. The number of hydrogen-bond donors (Lipinski definition) is 3. The highest BCUT2D eigenvalue weighted by Gasteiger charge is 2.22. The molecule has 1 heterocycles. The van der Waals surface area contributed by atoms with Gasteiger partial charge in [0.15, 0.2) is 5.84 Å². The van der Waals surface area contributed by atoms with E-state index in [0.717, 1.165) is 12.2 Å². The fourth-order valence-electron chi connectivity index (χ4n) is 1.65. The lowest BCUT2D eigenvalue weighted by molar-refractivity contribution is -0.123. The van der Waals surface area contributed by atoms with Gasteiger partial charge in [0.25, 0.3) is 0 Å². The van der Waals surface area contributed by atoms with Crippen molar-refractivity contribution >= 4 is 11.7 Å². The van der Waals surface area contributed by atoms with Gasteiger partial charge in [-0.05, 0) is 25.5 Å². The molecule has 4 N–H and O–H groups in total. The number of aryl methyl sites for hydroxylation is 1. The van der Waals surface area contributed by atoms with E-state index in [1.165, 1.54) is 0 Å². The van der Waals surface area contributed by atoms with Crippen molar-refractivity contribution in [2.24, 2.45) is 16.8 Å². The zero-order valence-electron chi connectivity index (χ0n) is 10.6. The van der Waals surface area contributed by atoms with Crippen LogP contribution in [0.15, 0.2) is 21.7 Å². The lowest BCUT2D eigenvalue weighted by Crippen LogP contribution is -2.38. The largest absolute Gasteiger partial charge is 0.465 e. The number of hydrogen-bond acceptors (Lipinski definition) is 4. The number of carbonyl (C=O) groups excluding carboxylic acids is 1. The first-order chi connectivity index (χ1) is 8.58. The van der Waals surface area contributed by atoms with Crippen LogP contribution in [0.25, 0.3) is 0 Å².